The minimum absolute atomic E-state index is 0.144. The number of para-hydroxylation sites is 1. The quantitative estimate of drug-likeness (QED) is 0.355. The molecular formula is C31H23NO3. The lowest BCUT2D eigenvalue weighted by Crippen LogP contribution is -2.43. The van der Waals surface area contributed by atoms with Crippen molar-refractivity contribution in [1.82, 2.24) is 0 Å². The van der Waals surface area contributed by atoms with E-state index in [2.05, 4.69) is 0 Å². The first-order valence-electron chi connectivity index (χ1n) is 11.6. The van der Waals surface area contributed by atoms with Crippen molar-refractivity contribution in [3.8, 4) is 0 Å². The Morgan fingerprint density at radius 3 is 2.03 bits per heavy atom. The van der Waals surface area contributed by atoms with Gasteiger partial charge >= 0.3 is 0 Å². The zero-order valence-corrected chi connectivity index (χ0v) is 19.2. The Kier molecular flexibility index (Phi) is 4.89. The fourth-order valence-corrected chi connectivity index (χ4v) is 5.37. The first-order chi connectivity index (χ1) is 17.1. The molecule has 0 radical (unpaired) electrons. The van der Waals surface area contributed by atoms with Crippen molar-refractivity contribution in [2.45, 2.75) is 11.5 Å². The Hall–Kier alpha value is -4.44. The van der Waals surface area contributed by atoms with Crippen LogP contribution < -0.4 is 4.90 Å². The van der Waals surface area contributed by atoms with Gasteiger partial charge in [0.15, 0.2) is 5.78 Å². The molecule has 2 aliphatic heterocycles. The summed E-state index contributed by atoms with van der Waals surface area (Å²) in [6.07, 6.45) is 0. The zero-order valence-electron chi connectivity index (χ0n) is 19.2. The SMILES string of the molecule is CN1C(=O)C2(OC(c3ccccc3)=C(C(=O)c3ccccc3)C2c2ccccc2)c2ccccc21. The number of hydrogen-bond donors (Lipinski definition) is 0. The maximum absolute atomic E-state index is 14.2. The third-order valence-corrected chi connectivity index (χ3v) is 6.94. The molecule has 4 nitrogen and oxygen atoms in total. The number of likely N-dealkylation sites (N-methyl/N-ethyl adjacent to an activating group) is 1. The molecule has 170 valence electrons. The van der Waals surface area contributed by atoms with Crippen LogP contribution in [0.25, 0.3) is 5.76 Å². The van der Waals surface area contributed by atoms with Crippen LogP contribution in [0.5, 0.6) is 0 Å². The van der Waals surface area contributed by atoms with Crippen LogP contribution in [0, 0.1) is 0 Å². The van der Waals surface area contributed by atoms with Gasteiger partial charge in [-0.25, -0.2) is 0 Å². The second kappa shape index (κ2) is 8.10. The van der Waals surface area contributed by atoms with Crippen molar-refractivity contribution >= 4 is 23.1 Å². The maximum Gasteiger partial charge on any atom is 0.276 e. The van der Waals surface area contributed by atoms with E-state index in [9.17, 15) is 9.59 Å². The van der Waals surface area contributed by atoms with E-state index in [-0.39, 0.29) is 11.7 Å². The van der Waals surface area contributed by atoms with E-state index in [0.29, 0.717) is 16.9 Å². The van der Waals surface area contributed by atoms with E-state index in [0.717, 1.165) is 22.4 Å². The standard InChI is InChI=1S/C31H23NO3/c1-32-25-20-12-11-19-24(25)31(30(32)34)27(21-13-5-2-6-14-21)26(28(33)22-15-7-3-8-16-22)29(35-31)23-17-9-4-10-18-23/h2-20,27H,1H3. The molecule has 0 aromatic heterocycles. The summed E-state index contributed by atoms with van der Waals surface area (Å²) in [4.78, 5) is 29.9. The summed E-state index contributed by atoms with van der Waals surface area (Å²) < 4.78 is 6.79. The Bertz CT molecular complexity index is 1460. The van der Waals surface area contributed by atoms with Gasteiger partial charge in [-0.1, -0.05) is 109 Å². The fraction of sp³-hybridized carbons (Fsp3) is 0.0968. The third kappa shape index (κ3) is 3.07. The van der Waals surface area contributed by atoms with Gasteiger partial charge in [0.2, 0.25) is 5.60 Å². The van der Waals surface area contributed by atoms with Gasteiger partial charge in [-0.05, 0) is 11.6 Å². The van der Waals surface area contributed by atoms with Crippen LogP contribution in [0.3, 0.4) is 0 Å². The van der Waals surface area contributed by atoms with Crippen LogP contribution in [-0.2, 0) is 15.1 Å². The second-order valence-corrected chi connectivity index (χ2v) is 8.87. The van der Waals surface area contributed by atoms with Crippen LogP contribution >= 0.6 is 0 Å². The van der Waals surface area contributed by atoms with E-state index in [4.69, 9.17) is 4.74 Å². The van der Waals surface area contributed by atoms with E-state index < -0.39 is 11.5 Å². The van der Waals surface area contributed by atoms with Crippen molar-refractivity contribution in [2.75, 3.05) is 11.9 Å². The second-order valence-electron chi connectivity index (χ2n) is 8.87. The highest BCUT2D eigenvalue weighted by Crippen LogP contribution is 2.60. The average molecular weight is 458 g/mol. The number of Topliss-reactive ketones (excluding diaryl/α,β-unsaturated/α-hetero) is 1. The summed E-state index contributed by atoms with van der Waals surface area (Å²) in [6.45, 7) is 0. The number of amides is 1. The Morgan fingerprint density at radius 1 is 0.771 bits per heavy atom. The van der Waals surface area contributed by atoms with Gasteiger partial charge < -0.3 is 9.64 Å². The number of fused-ring (bicyclic) bond motifs is 2. The van der Waals surface area contributed by atoms with E-state index in [1.807, 2.05) is 115 Å². The molecule has 0 N–H and O–H groups in total. The molecule has 1 amide bonds. The topological polar surface area (TPSA) is 46.6 Å². The van der Waals surface area contributed by atoms with Crippen LogP contribution in [0.1, 0.15) is 33.0 Å². The average Bonchev–Trinajstić information content (AvgIpc) is 3.39. The minimum Gasteiger partial charge on any atom is -0.470 e. The normalized spacial score (nSPS) is 20.8. The van der Waals surface area contributed by atoms with Crippen molar-refractivity contribution in [3.05, 3.63) is 143 Å². The maximum atomic E-state index is 14.2. The highest BCUT2D eigenvalue weighted by molar-refractivity contribution is 6.18. The molecule has 0 fully saturated rings. The molecule has 4 aromatic rings. The van der Waals surface area contributed by atoms with Crippen LogP contribution in [0.15, 0.2) is 121 Å². The highest BCUT2D eigenvalue weighted by atomic mass is 16.5. The fourth-order valence-electron chi connectivity index (χ4n) is 5.37. The molecule has 1 spiro atoms. The molecule has 2 atom stereocenters. The Balaban J connectivity index is 1.68. The van der Waals surface area contributed by atoms with E-state index in [1.165, 1.54) is 0 Å². The van der Waals surface area contributed by atoms with E-state index in [1.54, 1.807) is 11.9 Å². The summed E-state index contributed by atoms with van der Waals surface area (Å²) >= 11 is 0. The lowest BCUT2D eigenvalue weighted by molar-refractivity contribution is -0.135. The first kappa shape index (κ1) is 21.1. The molecule has 2 unspecified atom stereocenters. The number of benzene rings is 4. The zero-order chi connectivity index (χ0) is 24.0. The van der Waals surface area contributed by atoms with Crippen molar-refractivity contribution in [3.63, 3.8) is 0 Å². The number of hydrogen-bond acceptors (Lipinski definition) is 3. The molecule has 4 heteroatoms. The molecule has 0 aliphatic carbocycles. The van der Waals surface area contributed by atoms with Gasteiger partial charge in [-0.3, -0.25) is 9.59 Å². The van der Waals surface area contributed by atoms with Crippen molar-refractivity contribution in [1.29, 1.82) is 0 Å². The molecule has 0 saturated heterocycles. The largest absolute Gasteiger partial charge is 0.470 e. The molecule has 4 aromatic carbocycles. The third-order valence-electron chi connectivity index (χ3n) is 6.94. The first-order valence-corrected chi connectivity index (χ1v) is 11.6. The summed E-state index contributed by atoms with van der Waals surface area (Å²) in [5, 5.41) is 0. The summed E-state index contributed by atoms with van der Waals surface area (Å²) in [5.41, 5.74) is 2.86. The lowest BCUT2D eigenvalue weighted by atomic mass is 9.73. The van der Waals surface area contributed by atoms with Crippen LogP contribution in [0.4, 0.5) is 5.69 Å². The molecule has 0 saturated carbocycles. The van der Waals surface area contributed by atoms with Gasteiger partial charge in [0.25, 0.3) is 5.91 Å². The van der Waals surface area contributed by atoms with Gasteiger partial charge in [-0.15, -0.1) is 0 Å². The molecular weight excluding hydrogens is 434 g/mol. The number of ether oxygens (including phenoxy) is 1. The smallest absolute Gasteiger partial charge is 0.276 e. The van der Waals surface area contributed by atoms with Crippen molar-refractivity contribution < 1.29 is 14.3 Å². The number of rotatable bonds is 4. The number of anilines is 1. The molecule has 0 bridgehead atoms. The summed E-state index contributed by atoms with van der Waals surface area (Å²) in [7, 11) is 1.76. The predicted molar refractivity (Wildman–Crippen MR) is 136 cm³/mol. The van der Waals surface area contributed by atoms with Gasteiger partial charge in [0, 0.05) is 23.7 Å². The van der Waals surface area contributed by atoms with E-state index >= 15 is 0 Å². The molecule has 6 rings (SSSR count). The summed E-state index contributed by atoms with van der Waals surface area (Å²) in [6, 6.07) is 36.2. The molecule has 35 heavy (non-hydrogen) atoms. The number of carbonyl (C=O) groups is 2. The number of carbonyl (C=O) groups excluding carboxylic acids is 2. The molecule has 2 aliphatic rings. The minimum atomic E-state index is -1.38. The molecule has 2 heterocycles. The lowest BCUT2D eigenvalue weighted by Gasteiger charge is -2.31. The summed E-state index contributed by atoms with van der Waals surface area (Å²) in [5.74, 6) is -0.496. The van der Waals surface area contributed by atoms with Crippen LogP contribution in [-0.4, -0.2) is 18.7 Å². The van der Waals surface area contributed by atoms with Gasteiger partial charge in [0.1, 0.15) is 5.76 Å². The Labute approximate surface area is 204 Å². The number of ketones is 1. The Morgan fingerprint density at radius 2 is 1.34 bits per heavy atom. The van der Waals surface area contributed by atoms with Crippen molar-refractivity contribution in [2.24, 2.45) is 0 Å². The predicted octanol–water partition coefficient (Wildman–Crippen LogP) is 5.97. The van der Waals surface area contributed by atoms with Gasteiger partial charge in [0.05, 0.1) is 17.2 Å². The monoisotopic (exact) mass is 457 g/mol. The number of nitrogens with zero attached hydrogens (tertiary/aromatic N) is 1. The van der Waals surface area contributed by atoms with Gasteiger partial charge in [-0.2, -0.15) is 0 Å². The van der Waals surface area contributed by atoms with Crippen LogP contribution in [0.2, 0.25) is 0 Å². The highest BCUT2D eigenvalue weighted by Gasteiger charge is 2.63.